The van der Waals surface area contributed by atoms with E-state index >= 15 is 0 Å². The summed E-state index contributed by atoms with van der Waals surface area (Å²) in [5.74, 6) is -0.0243. The fourth-order valence-electron chi connectivity index (χ4n) is 2.50. The molecule has 28 heavy (non-hydrogen) atoms. The average molecular weight is 390 g/mol. The molecule has 0 saturated heterocycles. The van der Waals surface area contributed by atoms with Crippen molar-refractivity contribution in [2.75, 3.05) is 27.9 Å². The summed E-state index contributed by atoms with van der Waals surface area (Å²) >= 11 is 0. The number of hydrogen-bond acceptors (Lipinski definition) is 8. The SMILES string of the molecule is COc1ccccc1OC(CO)C(=O)c1cc(OC)c(OC(C)=O)c(OC)c1. The van der Waals surface area contributed by atoms with Crippen molar-refractivity contribution in [3.05, 3.63) is 42.0 Å². The quantitative estimate of drug-likeness (QED) is 0.395. The molecule has 0 aromatic heterocycles. The largest absolute Gasteiger partial charge is 0.493 e. The van der Waals surface area contributed by atoms with E-state index in [2.05, 4.69) is 0 Å². The van der Waals surface area contributed by atoms with Gasteiger partial charge in [-0.1, -0.05) is 12.1 Å². The lowest BCUT2D eigenvalue weighted by Crippen LogP contribution is -2.31. The van der Waals surface area contributed by atoms with Crippen LogP contribution in [0.2, 0.25) is 0 Å². The summed E-state index contributed by atoms with van der Waals surface area (Å²) in [5.41, 5.74) is 0.151. The van der Waals surface area contributed by atoms with E-state index in [-0.39, 0.29) is 22.8 Å². The van der Waals surface area contributed by atoms with Crippen LogP contribution >= 0.6 is 0 Å². The Labute approximate surface area is 162 Å². The molecule has 0 fully saturated rings. The van der Waals surface area contributed by atoms with Gasteiger partial charge in [-0.2, -0.15) is 0 Å². The molecule has 0 heterocycles. The molecule has 2 rings (SSSR count). The van der Waals surface area contributed by atoms with Gasteiger partial charge in [-0.3, -0.25) is 9.59 Å². The minimum Gasteiger partial charge on any atom is -0.493 e. The second kappa shape index (κ2) is 9.61. The number of ketones is 1. The first-order valence-corrected chi connectivity index (χ1v) is 8.34. The summed E-state index contributed by atoms with van der Waals surface area (Å²) < 4.78 is 26.4. The van der Waals surface area contributed by atoms with Gasteiger partial charge in [0.25, 0.3) is 0 Å². The first-order valence-electron chi connectivity index (χ1n) is 8.34. The van der Waals surface area contributed by atoms with Crippen LogP contribution in [0, 0.1) is 0 Å². The number of carbonyl (C=O) groups is 2. The van der Waals surface area contributed by atoms with Crippen LogP contribution in [-0.2, 0) is 4.79 Å². The lowest BCUT2D eigenvalue weighted by Gasteiger charge is -2.19. The first-order chi connectivity index (χ1) is 13.4. The molecule has 0 spiro atoms. The van der Waals surface area contributed by atoms with Gasteiger partial charge in [0.2, 0.25) is 11.5 Å². The molecule has 8 nitrogen and oxygen atoms in total. The second-order valence-electron chi connectivity index (χ2n) is 5.61. The van der Waals surface area contributed by atoms with E-state index in [1.54, 1.807) is 24.3 Å². The molecule has 1 unspecified atom stereocenters. The van der Waals surface area contributed by atoms with Gasteiger partial charge in [0.1, 0.15) is 0 Å². The standard InChI is InChI=1S/C20H22O8/c1-12(22)27-20-16(25-3)9-13(10-17(20)26-4)19(23)18(11-21)28-15-8-6-5-7-14(15)24-2/h5-10,18,21H,11H2,1-4H3. The number of aliphatic hydroxyl groups is 1. The molecule has 1 N–H and O–H groups in total. The van der Waals surface area contributed by atoms with Gasteiger partial charge in [-0.15, -0.1) is 0 Å². The predicted molar refractivity (Wildman–Crippen MR) is 99.7 cm³/mol. The highest BCUT2D eigenvalue weighted by atomic mass is 16.6. The minimum absolute atomic E-state index is 0.0558. The summed E-state index contributed by atoms with van der Waals surface area (Å²) in [5, 5.41) is 9.69. The highest BCUT2D eigenvalue weighted by Crippen LogP contribution is 2.39. The van der Waals surface area contributed by atoms with Crippen molar-refractivity contribution in [2.24, 2.45) is 0 Å². The number of hydrogen-bond donors (Lipinski definition) is 1. The molecular formula is C20H22O8. The van der Waals surface area contributed by atoms with Crippen molar-refractivity contribution in [2.45, 2.75) is 13.0 Å². The Hall–Kier alpha value is -3.26. The number of Topliss-reactive ketones (excluding diaryl/α,β-unsaturated/α-hetero) is 1. The van der Waals surface area contributed by atoms with Gasteiger partial charge in [0.05, 0.1) is 27.9 Å². The number of aliphatic hydroxyl groups excluding tert-OH is 1. The Morgan fingerprint density at radius 2 is 1.46 bits per heavy atom. The molecule has 0 saturated carbocycles. The van der Waals surface area contributed by atoms with Crippen LogP contribution in [0.25, 0.3) is 0 Å². The van der Waals surface area contributed by atoms with E-state index < -0.39 is 24.5 Å². The number of esters is 1. The van der Waals surface area contributed by atoms with Gasteiger partial charge in [-0.05, 0) is 24.3 Å². The maximum atomic E-state index is 12.9. The number of ether oxygens (including phenoxy) is 5. The monoisotopic (exact) mass is 390 g/mol. The van der Waals surface area contributed by atoms with Crippen molar-refractivity contribution in [1.82, 2.24) is 0 Å². The van der Waals surface area contributed by atoms with Crippen molar-refractivity contribution in [3.8, 4) is 28.7 Å². The molecule has 0 aliphatic rings. The van der Waals surface area contributed by atoms with E-state index in [0.717, 1.165) is 0 Å². The van der Waals surface area contributed by atoms with Crippen LogP contribution in [0.1, 0.15) is 17.3 Å². The summed E-state index contributed by atoms with van der Waals surface area (Å²) in [6.45, 7) is 0.675. The van der Waals surface area contributed by atoms with E-state index in [1.807, 2.05) is 0 Å². The van der Waals surface area contributed by atoms with E-state index in [1.165, 1.54) is 40.4 Å². The Morgan fingerprint density at radius 1 is 0.929 bits per heavy atom. The summed E-state index contributed by atoms with van der Waals surface area (Å²) in [6, 6.07) is 9.55. The molecule has 150 valence electrons. The Balaban J connectivity index is 2.38. The summed E-state index contributed by atoms with van der Waals surface area (Å²) in [7, 11) is 4.21. The van der Waals surface area contributed by atoms with E-state index in [4.69, 9.17) is 23.7 Å². The molecule has 8 heteroatoms. The van der Waals surface area contributed by atoms with Crippen LogP contribution in [0.4, 0.5) is 0 Å². The second-order valence-corrected chi connectivity index (χ2v) is 5.61. The zero-order chi connectivity index (χ0) is 20.7. The number of rotatable bonds is 9. The molecule has 2 aromatic carbocycles. The maximum absolute atomic E-state index is 12.9. The van der Waals surface area contributed by atoms with Crippen LogP contribution < -0.4 is 23.7 Å². The highest BCUT2D eigenvalue weighted by Gasteiger charge is 2.26. The fourth-order valence-corrected chi connectivity index (χ4v) is 2.50. The van der Waals surface area contributed by atoms with Crippen LogP contribution in [-0.4, -0.2) is 50.9 Å². The Bertz CT molecular complexity index is 821. The third-order valence-electron chi connectivity index (χ3n) is 3.79. The van der Waals surface area contributed by atoms with Crippen molar-refractivity contribution < 1.29 is 38.4 Å². The van der Waals surface area contributed by atoms with Gasteiger partial charge in [0, 0.05) is 12.5 Å². The molecule has 2 aromatic rings. The van der Waals surface area contributed by atoms with Gasteiger partial charge >= 0.3 is 5.97 Å². The molecule has 0 radical (unpaired) electrons. The maximum Gasteiger partial charge on any atom is 0.308 e. The van der Waals surface area contributed by atoms with E-state index in [9.17, 15) is 14.7 Å². The van der Waals surface area contributed by atoms with Crippen LogP contribution in [0.3, 0.4) is 0 Å². The Morgan fingerprint density at radius 3 is 1.93 bits per heavy atom. The molecule has 1 atom stereocenters. The highest BCUT2D eigenvalue weighted by molar-refractivity contribution is 6.01. The minimum atomic E-state index is -1.19. The summed E-state index contributed by atoms with van der Waals surface area (Å²) in [6.07, 6.45) is -1.19. The van der Waals surface area contributed by atoms with Crippen LogP contribution in [0.15, 0.2) is 36.4 Å². The predicted octanol–water partition coefficient (Wildman–Crippen LogP) is 2.26. The molecule has 0 amide bonds. The number of carbonyl (C=O) groups excluding carboxylic acids is 2. The molecule has 0 bridgehead atoms. The topological polar surface area (TPSA) is 101 Å². The Kier molecular flexibility index (Phi) is 7.22. The van der Waals surface area contributed by atoms with Gasteiger partial charge in [-0.25, -0.2) is 0 Å². The summed E-state index contributed by atoms with van der Waals surface area (Å²) in [4.78, 5) is 24.2. The molecule has 0 aliphatic heterocycles. The number of benzene rings is 2. The van der Waals surface area contributed by atoms with Crippen molar-refractivity contribution >= 4 is 11.8 Å². The average Bonchev–Trinajstić information content (AvgIpc) is 2.71. The third-order valence-corrected chi connectivity index (χ3v) is 3.79. The van der Waals surface area contributed by atoms with Crippen molar-refractivity contribution in [3.63, 3.8) is 0 Å². The number of para-hydroxylation sites is 2. The lowest BCUT2D eigenvalue weighted by molar-refractivity contribution is -0.132. The lowest BCUT2D eigenvalue weighted by atomic mass is 10.0. The molecular weight excluding hydrogens is 368 g/mol. The fraction of sp³-hybridized carbons (Fsp3) is 0.300. The third kappa shape index (κ3) is 4.72. The molecule has 0 aliphatic carbocycles. The normalized spacial score (nSPS) is 11.3. The smallest absolute Gasteiger partial charge is 0.308 e. The zero-order valence-corrected chi connectivity index (χ0v) is 16.1. The van der Waals surface area contributed by atoms with Gasteiger partial charge in [0.15, 0.2) is 29.1 Å². The number of methoxy groups -OCH3 is 3. The zero-order valence-electron chi connectivity index (χ0n) is 16.1. The van der Waals surface area contributed by atoms with Crippen molar-refractivity contribution in [1.29, 1.82) is 0 Å². The van der Waals surface area contributed by atoms with E-state index in [0.29, 0.717) is 11.5 Å². The van der Waals surface area contributed by atoms with Gasteiger partial charge < -0.3 is 28.8 Å². The first kappa shape index (κ1) is 21.0. The van der Waals surface area contributed by atoms with Crippen LogP contribution in [0.5, 0.6) is 28.7 Å².